The first-order valence-corrected chi connectivity index (χ1v) is 14.3. The van der Waals surface area contributed by atoms with E-state index in [1.807, 2.05) is 6.07 Å². The smallest absolute Gasteiger partial charge is 0.264 e. The third-order valence-electron chi connectivity index (χ3n) is 6.20. The van der Waals surface area contributed by atoms with Gasteiger partial charge in [-0.3, -0.25) is 13.9 Å². The minimum absolute atomic E-state index is 0.00437. The fourth-order valence-electron chi connectivity index (χ4n) is 4.00. The van der Waals surface area contributed by atoms with E-state index < -0.39 is 22.5 Å². The van der Waals surface area contributed by atoms with Crippen molar-refractivity contribution in [3.05, 3.63) is 114 Å². The maximum absolute atomic E-state index is 13.7. The van der Waals surface area contributed by atoms with Crippen molar-refractivity contribution in [1.29, 1.82) is 0 Å². The van der Waals surface area contributed by atoms with Gasteiger partial charge in [0.05, 0.1) is 30.5 Å². The van der Waals surface area contributed by atoms with Gasteiger partial charge in [-0.15, -0.1) is 0 Å². The number of hydrogen-bond acceptors (Lipinski definition) is 7. The van der Waals surface area contributed by atoms with Crippen molar-refractivity contribution < 1.29 is 27.5 Å². The van der Waals surface area contributed by atoms with Crippen LogP contribution in [0.1, 0.15) is 22.8 Å². The quantitative estimate of drug-likeness (QED) is 0.194. The molecule has 0 aliphatic carbocycles. The van der Waals surface area contributed by atoms with Gasteiger partial charge in [-0.25, -0.2) is 13.8 Å². The van der Waals surface area contributed by atoms with Crippen LogP contribution in [0.3, 0.4) is 0 Å². The Labute approximate surface area is 244 Å². The highest BCUT2D eigenvalue weighted by atomic mass is 32.2. The van der Waals surface area contributed by atoms with Crippen molar-refractivity contribution >= 4 is 38.9 Å². The molecule has 0 saturated heterocycles. The Kier molecular flexibility index (Phi) is 9.56. The van der Waals surface area contributed by atoms with Crippen LogP contribution in [-0.2, 0) is 14.8 Å². The predicted molar refractivity (Wildman–Crippen MR) is 162 cm³/mol. The summed E-state index contributed by atoms with van der Waals surface area (Å²) >= 11 is 0. The normalized spacial score (nSPS) is 11.4. The molecule has 0 unspecified atom stereocenters. The number of benzene rings is 4. The number of carbonyl (C=O) groups excluding carboxylic acids is 2. The fourth-order valence-corrected chi connectivity index (χ4v) is 5.45. The van der Waals surface area contributed by atoms with Crippen LogP contribution in [0, 0.1) is 0 Å². The second-order valence-electron chi connectivity index (χ2n) is 9.00. The zero-order valence-electron chi connectivity index (χ0n) is 23.3. The van der Waals surface area contributed by atoms with Crippen LogP contribution in [0.25, 0.3) is 0 Å². The van der Waals surface area contributed by atoms with E-state index in [0.29, 0.717) is 28.3 Å². The Bertz CT molecular complexity index is 1690. The average Bonchev–Trinajstić information content (AvgIpc) is 3.03. The van der Waals surface area contributed by atoms with Crippen molar-refractivity contribution in [2.24, 2.45) is 5.10 Å². The highest BCUT2D eigenvalue weighted by Crippen LogP contribution is 2.35. The Morgan fingerprint density at radius 2 is 1.48 bits per heavy atom. The number of carbonyl (C=O) groups is 2. The van der Waals surface area contributed by atoms with E-state index in [0.717, 1.165) is 4.31 Å². The lowest BCUT2D eigenvalue weighted by molar-refractivity contribution is -0.119. The molecule has 10 nitrogen and oxygen atoms in total. The Morgan fingerprint density at radius 1 is 0.810 bits per heavy atom. The van der Waals surface area contributed by atoms with E-state index in [1.165, 1.54) is 38.5 Å². The van der Waals surface area contributed by atoms with Gasteiger partial charge in [0.25, 0.3) is 21.8 Å². The first kappa shape index (κ1) is 29.8. The zero-order chi connectivity index (χ0) is 30.1. The standard InChI is InChI=1S/C31H30N4O6S/c1-22(24-13-10-14-25(19-24)32-31(37)23-11-6-4-7-12-23)33-34-30(36)21-35(42(38,39)27-15-8-5-9-16-27)28-18-17-26(40-2)20-29(28)41-3/h4-20H,21H2,1-3H3,(H,32,37)(H,34,36)/b33-22-. The average molecular weight is 587 g/mol. The van der Waals surface area contributed by atoms with Crippen LogP contribution < -0.4 is 24.5 Å². The first-order valence-electron chi connectivity index (χ1n) is 12.8. The van der Waals surface area contributed by atoms with Crippen LogP contribution in [0.15, 0.2) is 113 Å². The molecule has 0 aromatic heterocycles. The molecule has 0 aliphatic rings. The molecule has 2 N–H and O–H groups in total. The summed E-state index contributed by atoms with van der Waals surface area (Å²) in [6.07, 6.45) is 0. The number of hydrogen-bond donors (Lipinski definition) is 2. The summed E-state index contributed by atoms with van der Waals surface area (Å²) in [5.41, 5.74) is 4.75. The molecule has 42 heavy (non-hydrogen) atoms. The van der Waals surface area contributed by atoms with Gasteiger partial charge in [0, 0.05) is 17.3 Å². The van der Waals surface area contributed by atoms with Crippen LogP contribution in [0.2, 0.25) is 0 Å². The number of sulfonamides is 1. The van der Waals surface area contributed by atoms with Crippen molar-refractivity contribution in [3.8, 4) is 11.5 Å². The van der Waals surface area contributed by atoms with Crippen LogP contribution in [0.4, 0.5) is 11.4 Å². The molecule has 4 aromatic rings. The van der Waals surface area contributed by atoms with Crippen LogP contribution in [0.5, 0.6) is 11.5 Å². The van der Waals surface area contributed by atoms with Crippen molar-refractivity contribution in [3.63, 3.8) is 0 Å². The molecule has 4 aromatic carbocycles. The first-order chi connectivity index (χ1) is 20.2. The molecule has 11 heteroatoms. The summed E-state index contributed by atoms with van der Waals surface area (Å²) in [4.78, 5) is 25.6. The second kappa shape index (κ2) is 13.5. The molecule has 0 bridgehead atoms. The molecule has 216 valence electrons. The molecular formula is C31H30N4O6S. The van der Waals surface area contributed by atoms with Gasteiger partial charge in [-0.05, 0) is 61.0 Å². The Hall–Kier alpha value is -5.16. The monoisotopic (exact) mass is 586 g/mol. The van der Waals surface area contributed by atoms with Gasteiger partial charge in [0.2, 0.25) is 0 Å². The summed E-state index contributed by atoms with van der Waals surface area (Å²) in [7, 11) is -1.29. The molecule has 0 heterocycles. The topological polar surface area (TPSA) is 126 Å². The van der Waals surface area contributed by atoms with Gasteiger partial charge in [0.15, 0.2) is 0 Å². The molecule has 0 aliphatic heterocycles. The number of hydrazone groups is 1. The Balaban J connectivity index is 1.55. The minimum atomic E-state index is -4.17. The molecule has 0 radical (unpaired) electrons. The lowest BCUT2D eigenvalue weighted by atomic mass is 10.1. The molecule has 4 rings (SSSR count). The van der Waals surface area contributed by atoms with Gasteiger partial charge in [-0.1, -0.05) is 48.5 Å². The highest BCUT2D eigenvalue weighted by molar-refractivity contribution is 7.92. The Morgan fingerprint density at radius 3 is 2.14 bits per heavy atom. The maximum Gasteiger partial charge on any atom is 0.264 e. The number of anilines is 2. The molecule has 0 spiro atoms. The van der Waals surface area contributed by atoms with E-state index in [9.17, 15) is 18.0 Å². The van der Waals surface area contributed by atoms with Gasteiger partial charge < -0.3 is 14.8 Å². The van der Waals surface area contributed by atoms with Crippen LogP contribution >= 0.6 is 0 Å². The lowest BCUT2D eigenvalue weighted by Gasteiger charge is -2.25. The van der Waals surface area contributed by atoms with Crippen molar-refractivity contribution in [2.45, 2.75) is 11.8 Å². The van der Waals surface area contributed by atoms with E-state index >= 15 is 0 Å². The van der Waals surface area contributed by atoms with Gasteiger partial charge >= 0.3 is 0 Å². The summed E-state index contributed by atoms with van der Waals surface area (Å²) in [5, 5.41) is 7.01. The predicted octanol–water partition coefficient (Wildman–Crippen LogP) is 4.69. The third kappa shape index (κ3) is 7.12. The number of ether oxygens (including phenoxy) is 2. The number of methoxy groups -OCH3 is 2. The molecule has 0 atom stereocenters. The number of nitrogens with zero attached hydrogens (tertiary/aromatic N) is 2. The largest absolute Gasteiger partial charge is 0.497 e. The van der Waals surface area contributed by atoms with Crippen molar-refractivity contribution in [2.75, 3.05) is 30.4 Å². The number of amides is 2. The van der Waals surface area contributed by atoms with Gasteiger partial charge in [-0.2, -0.15) is 5.10 Å². The summed E-state index contributed by atoms with van der Waals surface area (Å²) < 4.78 is 39.0. The highest BCUT2D eigenvalue weighted by Gasteiger charge is 2.29. The minimum Gasteiger partial charge on any atom is -0.497 e. The number of nitrogens with one attached hydrogen (secondary N) is 2. The lowest BCUT2D eigenvalue weighted by Crippen LogP contribution is -2.40. The molecule has 0 saturated carbocycles. The maximum atomic E-state index is 13.7. The van der Waals surface area contributed by atoms with Crippen molar-refractivity contribution in [1.82, 2.24) is 5.43 Å². The molecule has 2 amide bonds. The summed E-state index contributed by atoms with van der Waals surface area (Å²) in [5.74, 6) is -0.278. The fraction of sp³-hybridized carbons (Fsp3) is 0.129. The SMILES string of the molecule is COc1ccc(N(CC(=O)N/N=C(/C)c2cccc(NC(=O)c3ccccc3)c2)S(=O)(=O)c2ccccc2)c(OC)c1. The summed E-state index contributed by atoms with van der Waals surface area (Å²) in [6.45, 7) is 1.10. The van der Waals surface area contributed by atoms with Crippen LogP contribution in [-0.4, -0.2) is 46.7 Å². The van der Waals surface area contributed by atoms with Gasteiger partial charge in [0.1, 0.15) is 18.0 Å². The zero-order valence-corrected chi connectivity index (χ0v) is 24.1. The van der Waals surface area contributed by atoms with E-state index in [-0.39, 0.29) is 22.2 Å². The van der Waals surface area contributed by atoms with E-state index in [1.54, 1.807) is 79.7 Å². The number of rotatable bonds is 11. The summed E-state index contributed by atoms with van der Waals surface area (Å²) in [6, 6.07) is 28.2. The van der Waals surface area contributed by atoms with E-state index in [2.05, 4.69) is 15.8 Å². The molecule has 0 fully saturated rings. The van der Waals surface area contributed by atoms with E-state index in [4.69, 9.17) is 9.47 Å². The second-order valence-corrected chi connectivity index (χ2v) is 10.9. The third-order valence-corrected chi connectivity index (χ3v) is 7.97. The molecular weight excluding hydrogens is 556 g/mol.